The van der Waals surface area contributed by atoms with Crippen LogP contribution in [0.15, 0.2) is 53.9 Å². The highest BCUT2D eigenvalue weighted by molar-refractivity contribution is 7.09. The highest BCUT2D eigenvalue weighted by atomic mass is 35.5. The SMILES string of the molecule is CC[C@@H](C)N(Cc1csc(COc2cccc(C)c2)n1)C(=O)c1ccc(Cl)cc1. The number of rotatable bonds is 8. The Kier molecular flexibility index (Phi) is 7.29. The Morgan fingerprint density at radius 1 is 1.24 bits per heavy atom. The smallest absolute Gasteiger partial charge is 0.254 e. The highest BCUT2D eigenvalue weighted by Gasteiger charge is 2.22. The van der Waals surface area contributed by atoms with E-state index in [0.717, 1.165) is 28.4 Å². The summed E-state index contributed by atoms with van der Waals surface area (Å²) in [6.07, 6.45) is 0.868. The van der Waals surface area contributed by atoms with Crippen molar-refractivity contribution < 1.29 is 9.53 Å². The number of nitrogens with zero attached hydrogens (tertiary/aromatic N) is 2. The molecule has 0 radical (unpaired) electrons. The molecule has 0 saturated carbocycles. The van der Waals surface area contributed by atoms with Gasteiger partial charge in [-0.05, 0) is 62.2 Å². The second-order valence-electron chi connectivity index (χ2n) is 7.03. The number of carbonyl (C=O) groups excluding carboxylic acids is 1. The third kappa shape index (κ3) is 5.81. The van der Waals surface area contributed by atoms with Crippen LogP contribution in [-0.2, 0) is 13.2 Å². The molecule has 6 heteroatoms. The Balaban J connectivity index is 1.68. The summed E-state index contributed by atoms with van der Waals surface area (Å²) >= 11 is 7.51. The van der Waals surface area contributed by atoms with Crippen LogP contribution in [0.4, 0.5) is 0 Å². The number of amides is 1. The van der Waals surface area contributed by atoms with E-state index in [4.69, 9.17) is 16.3 Å². The number of halogens is 1. The van der Waals surface area contributed by atoms with E-state index >= 15 is 0 Å². The third-order valence-electron chi connectivity index (χ3n) is 4.76. The van der Waals surface area contributed by atoms with Crippen molar-refractivity contribution in [2.24, 2.45) is 0 Å². The first-order valence-electron chi connectivity index (χ1n) is 9.65. The van der Waals surface area contributed by atoms with E-state index in [0.29, 0.717) is 23.7 Å². The topological polar surface area (TPSA) is 42.4 Å². The lowest BCUT2D eigenvalue weighted by molar-refractivity contribution is 0.0669. The van der Waals surface area contributed by atoms with Crippen LogP contribution in [0.5, 0.6) is 5.75 Å². The van der Waals surface area contributed by atoms with Crippen LogP contribution in [0.25, 0.3) is 0 Å². The molecule has 1 aromatic heterocycles. The molecule has 4 nitrogen and oxygen atoms in total. The summed E-state index contributed by atoms with van der Waals surface area (Å²) in [6.45, 7) is 7.06. The van der Waals surface area contributed by atoms with Crippen molar-refractivity contribution in [1.82, 2.24) is 9.88 Å². The molecule has 3 rings (SSSR count). The van der Waals surface area contributed by atoms with Gasteiger partial charge in [-0.15, -0.1) is 11.3 Å². The van der Waals surface area contributed by atoms with Gasteiger partial charge in [0.1, 0.15) is 17.4 Å². The lowest BCUT2D eigenvalue weighted by atomic mass is 10.1. The molecule has 0 aliphatic carbocycles. The van der Waals surface area contributed by atoms with E-state index in [-0.39, 0.29) is 11.9 Å². The summed E-state index contributed by atoms with van der Waals surface area (Å²) in [4.78, 5) is 19.6. The first-order chi connectivity index (χ1) is 14.0. The van der Waals surface area contributed by atoms with Gasteiger partial charge in [0.2, 0.25) is 0 Å². The second kappa shape index (κ2) is 9.90. The van der Waals surface area contributed by atoms with Crippen molar-refractivity contribution >= 4 is 28.8 Å². The van der Waals surface area contributed by atoms with Crippen LogP contribution in [0.3, 0.4) is 0 Å². The number of hydrogen-bond acceptors (Lipinski definition) is 4. The summed E-state index contributed by atoms with van der Waals surface area (Å²) in [7, 11) is 0. The van der Waals surface area contributed by atoms with E-state index in [1.165, 1.54) is 0 Å². The lowest BCUT2D eigenvalue weighted by Crippen LogP contribution is -2.37. The average molecular weight is 429 g/mol. The van der Waals surface area contributed by atoms with Gasteiger partial charge in [-0.25, -0.2) is 4.98 Å². The van der Waals surface area contributed by atoms with Gasteiger partial charge in [0.15, 0.2) is 0 Å². The fraction of sp³-hybridized carbons (Fsp3) is 0.304. The van der Waals surface area contributed by atoms with Gasteiger partial charge >= 0.3 is 0 Å². The van der Waals surface area contributed by atoms with E-state index < -0.39 is 0 Å². The number of hydrogen-bond donors (Lipinski definition) is 0. The van der Waals surface area contributed by atoms with E-state index in [1.54, 1.807) is 35.6 Å². The maximum absolute atomic E-state index is 13.0. The average Bonchev–Trinajstić information content (AvgIpc) is 3.17. The second-order valence-corrected chi connectivity index (χ2v) is 8.41. The first kappa shape index (κ1) is 21.3. The molecule has 0 spiro atoms. The quantitative estimate of drug-likeness (QED) is 0.433. The fourth-order valence-electron chi connectivity index (χ4n) is 2.92. The van der Waals surface area contributed by atoms with Gasteiger partial charge in [0.25, 0.3) is 5.91 Å². The number of thiazole rings is 1. The highest BCUT2D eigenvalue weighted by Crippen LogP contribution is 2.20. The Bertz CT molecular complexity index is 956. The van der Waals surface area contributed by atoms with E-state index in [2.05, 4.69) is 18.8 Å². The Morgan fingerprint density at radius 2 is 2.00 bits per heavy atom. The van der Waals surface area contributed by atoms with Crippen LogP contribution in [0, 0.1) is 6.92 Å². The summed E-state index contributed by atoms with van der Waals surface area (Å²) in [5.41, 5.74) is 2.67. The van der Waals surface area contributed by atoms with Crippen molar-refractivity contribution in [2.75, 3.05) is 0 Å². The van der Waals surface area contributed by atoms with Crippen LogP contribution >= 0.6 is 22.9 Å². The molecule has 29 heavy (non-hydrogen) atoms. The molecule has 2 aromatic carbocycles. The molecule has 0 aliphatic heterocycles. The van der Waals surface area contributed by atoms with Gasteiger partial charge in [0.05, 0.1) is 12.2 Å². The molecule has 0 bridgehead atoms. The number of aromatic nitrogens is 1. The van der Waals surface area contributed by atoms with Gasteiger partial charge in [0, 0.05) is 22.0 Å². The van der Waals surface area contributed by atoms with Crippen LogP contribution in [0.1, 0.15) is 46.9 Å². The van der Waals surface area contributed by atoms with Crippen molar-refractivity contribution in [3.05, 3.63) is 80.8 Å². The number of carbonyl (C=O) groups is 1. The minimum absolute atomic E-state index is 0.0124. The van der Waals surface area contributed by atoms with Crippen LogP contribution in [0.2, 0.25) is 5.02 Å². The molecule has 1 atom stereocenters. The standard InChI is InChI=1S/C23H25ClN2O2S/c1-4-17(3)26(23(27)18-8-10-19(24)11-9-18)13-20-15-29-22(25-20)14-28-21-7-5-6-16(2)12-21/h5-12,15,17H,4,13-14H2,1-3H3/t17-/m1/s1. The van der Waals surface area contributed by atoms with Crippen molar-refractivity contribution in [2.45, 2.75) is 46.4 Å². The van der Waals surface area contributed by atoms with Crippen LogP contribution in [-0.4, -0.2) is 21.8 Å². The summed E-state index contributed by atoms with van der Waals surface area (Å²) < 4.78 is 5.84. The maximum Gasteiger partial charge on any atom is 0.254 e. The molecule has 0 unspecified atom stereocenters. The molecule has 152 valence electrons. The zero-order valence-electron chi connectivity index (χ0n) is 16.9. The molecular weight excluding hydrogens is 404 g/mol. The lowest BCUT2D eigenvalue weighted by Gasteiger charge is -2.28. The minimum atomic E-state index is -0.0124. The monoisotopic (exact) mass is 428 g/mol. The zero-order valence-corrected chi connectivity index (χ0v) is 18.5. The normalized spacial score (nSPS) is 11.9. The summed E-state index contributed by atoms with van der Waals surface area (Å²) in [5.74, 6) is 0.822. The predicted molar refractivity (Wildman–Crippen MR) is 119 cm³/mol. The molecule has 3 aromatic rings. The fourth-order valence-corrected chi connectivity index (χ4v) is 3.74. The molecule has 0 aliphatic rings. The Labute approximate surface area is 181 Å². The van der Waals surface area contributed by atoms with Crippen molar-refractivity contribution in [1.29, 1.82) is 0 Å². The number of ether oxygens (including phenoxy) is 1. The van der Waals surface area contributed by atoms with Crippen molar-refractivity contribution in [3.8, 4) is 5.75 Å². The molecule has 0 fully saturated rings. The van der Waals surface area contributed by atoms with Gasteiger partial charge < -0.3 is 9.64 Å². The summed E-state index contributed by atoms with van der Waals surface area (Å²) in [5, 5.41) is 3.51. The minimum Gasteiger partial charge on any atom is -0.486 e. The molecule has 1 amide bonds. The summed E-state index contributed by atoms with van der Waals surface area (Å²) in [6, 6.07) is 15.1. The zero-order chi connectivity index (χ0) is 20.8. The van der Waals surface area contributed by atoms with Gasteiger partial charge in [-0.3, -0.25) is 4.79 Å². The number of aryl methyl sites for hydroxylation is 1. The first-order valence-corrected chi connectivity index (χ1v) is 10.9. The van der Waals surface area contributed by atoms with E-state index in [9.17, 15) is 4.79 Å². The third-order valence-corrected chi connectivity index (χ3v) is 5.88. The largest absolute Gasteiger partial charge is 0.486 e. The van der Waals surface area contributed by atoms with Crippen molar-refractivity contribution in [3.63, 3.8) is 0 Å². The molecular formula is C23H25ClN2O2S. The molecule has 0 saturated heterocycles. The van der Waals surface area contributed by atoms with Gasteiger partial charge in [-0.1, -0.05) is 30.7 Å². The molecule has 1 heterocycles. The maximum atomic E-state index is 13.0. The van der Waals surface area contributed by atoms with E-state index in [1.807, 2.05) is 41.5 Å². The Hall–Kier alpha value is -2.37. The van der Waals surface area contributed by atoms with Crippen LogP contribution < -0.4 is 4.74 Å². The van der Waals surface area contributed by atoms with Gasteiger partial charge in [-0.2, -0.15) is 0 Å². The predicted octanol–water partition coefficient (Wildman–Crippen LogP) is 6.12. The Morgan fingerprint density at radius 3 is 2.69 bits per heavy atom. The number of benzene rings is 2. The molecule has 0 N–H and O–H groups in total.